The molecule has 0 bridgehead atoms. The Morgan fingerprint density at radius 1 is 0.608 bits per heavy atom. The van der Waals surface area contributed by atoms with Crippen molar-refractivity contribution >= 4 is 99.3 Å². The Balaban J connectivity index is 0.000000277. The maximum Gasteiger partial charge on any atom is 0.326 e. The molecule has 0 saturated carbocycles. The number of urea groups is 2. The van der Waals surface area contributed by atoms with E-state index in [0.29, 0.717) is 75.0 Å². The van der Waals surface area contributed by atoms with E-state index in [0.717, 1.165) is 18.5 Å². The summed E-state index contributed by atoms with van der Waals surface area (Å²) >= 11 is 23.5. The summed E-state index contributed by atoms with van der Waals surface area (Å²) in [6, 6.07) is 12.1. The number of rotatable bonds is 13. The molecule has 0 unspecified atom stereocenters. The number of nitrogens with one attached hydrogen (secondary N) is 7. The van der Waals surface area contributed by atoms with Gasteiger partial charge in [0.15, 0.2) is 0 Å². The number of amides is 5. The Morgan fingerprint density at radius 3 is 1.47 bits per heavy atom. The summed E-state index contributed by atoms with van der Waals surface area (Å²) in [6.45, 7) is 7.57. The molecule has 0 radical (unpaired) electrons. The number of aromatic nitrogens is 4. The lowest BCUT2D eigenvalue weighted by Crippen LogP contribution is -2.23. The predicted octanol–water partition coefficient (Wildman–Crippen LogP) is 7.17. The van der Waals surface area contributed by atoms with E-state index in [1.165, 1.54) is 6.92 Å². The normalized spacial score (nSPS) is 10.3. The van der Waals surface area contributed by atoms with Crippen molar-refractivity contribution in [3.8, 4) is 0 Å². The van der Waals surface area contributed by atoms with Crippen molar-refractivity contribution in [3.05, 3.63) is 80.0 Å². The molecule has 19 heteroatoms. The van der Waals surface area contributed by atoms with Gasteiger partial charge in [-0.1, -0.05) is 46.4 Å². The average Bonchev–Trinajstić information content (AvgIpc) is 3.04. The highest BCUT2D eigenvalue weighted by molar-refractivity contribution is 6.42. The van der Waals surface area contributed by atoms with E-state index < -0.39 is 12.1 Å². The molecule has 2 aromatic heterocycles. The van der Waals surface area contributed by atoms with Crippen LogP contribution in [0.1, 0.15) is 31.2 Å². The standard InChI is InChI=1S/C17H20Cl2N6O2.C15H18Cl2N6O/c1-10-8-15(21-7-3-6-20-11(2)26)24-16(22-10)25-17(27)23-12-4-5-13(18)14(19)9-12;1-9-7-13(19-6-2-5-18)22-14(20-9)23-15(24)21-10-3-4-11(16)12(17)8-10/h4-5,8-9H,3,6-7H2,1-2H3,(H,20,26)(H3,21,22,23,24,25,27);3-4,7-8H,2,5-6,18H2,1H3,(H3,19,20,21,22,23,24). The van der Waals surface area contributed by atoms with Gasteiger partial charge in [0, 0.05) is 61.5 Å². The lowest BCUT2D eigenvalue weighted by atomic mass is 10.3. The van der Waals surface area contributed by atoms with Crippen LogP contribution in [0.2, 0.25) is 20.1 Å². The van der Waals surface area contributed by atoms with E-state index in [1.807, 2.05) is 6.92 Å². The molecule has 15 nitrogen and oxygen atoms in total. The first-order chi connectivity index (χ1) is 24.3. The smallest absolute Gasteiger partial charge is 0.326 e. The van der Waals surface area contributed by atoms with Gasteiger partial charge >= 0.3 is 12.1 Å². The number of carbonyl (C=O) groups is 3. The molecule has 0 spiro atoms. The van der Waals surface area contributed by atoms with Gasteiger partial charge in [0.1, 0.15) is 11.6 Å². The number of nitrogens with two attached hydrogens (primary N) is 1. The maximum atomic E-state index is 12.1. The molecule has 0 aliphatic heterocycles. The molecule has 4 rings (SSSR count). The minimum atomic E-state index is -0.504. The van der Waals surface area contributed by atoms with Gasteiger partial charge in [-0.2, -0.15) is 9.97 Å². The average molecular weight is 781 g/mol. The Labute approximate surface area is 315 Å². The Morgan fingerprint density at radius 2 is 1.06 bits per heavy atom. The molecule has 5 amide bonds. The van der Waals surface area contributed by atoms with Crippen LogP contribution in [0, 0.1) is 13.8 Å². The summed E-state index contributed by atoms with van der Waals surface area (Å²) in [5.41, 5.74) is 7.88. The van der Waals surface area contributed by atoms with Gasteiger partial charge < -0.3 is 32.3 Å². The molecule has 272 valence electrons. The fourth-order valence-electron chi connectivity index (χ4n) is 3.99. The number of halogens is 4. The van der Waals surface area contributed by atoms with Crippen LogP contribution in [0.3, 0.4) is 0 Å². The highest BCUT2D eigenvalue weighted by Gasteiger charge is 2.10. The van der Waals surface area contributed by atoms with Crippen molar-refractivity contribution in [1.29, 1.82) is 0 Å². The lowest BCUT2D eigenvalue weighted by molar-refractivity contribution is -0.118. The van der Waals surface area contributed by atoms with Crippen LogP contribution in [0.5, 0.6) is 0 Å². The van der Waals surface area contributed by atoms with Gasteiger partial charge in [0.05, 0.1) is 20.1 Å². The number of nitrogens with zero attached hydrogens (tertiary/aromatic N) is 4. The highest BCUT2D eigenvalue weighted by Crippen LogP contribution is 2.26. The van der Waals surface area contributed by atoms with Gasteiger partial charge in [-0.15, -0.1) is 0 Å². The second kappa shape index (κ2) is 20.9. The molecule has 0 aliphatic carbocycles. The fraction of sp³-hybridized carbons (Fsp3) is 0.281. The fourth-order valence-corrected chi connectivity index (χ4v) is 4.59. The number of hydrogen-bond donors (Lipinski definition) is 8. The zero-order valence-corrected chi connectivity index (χ0v) is 31.0. The van der Waals surface area contributed by atoms with Crippen LogP contribution in [-0.2, 0) is 4.79 Å². The summed E-state index contributed by atoms with van der Waals surface area (Å²) in [5, 5.41) is 20.9. The number of anilines is 6. The van der Waals surface area contributed by atoms with Crippen molar-refractivity contribution in [2.45, 2.75) is 33.6 Å². The van der Waals surface area contributed by atoms with Crippen LogP contribution in [0.25, 0.3) is 0 Å². The van der Waals surface area contributed by atoms with E-state index in [9.17, 15) is 14.4 Å². The molecular weight excluding hydrogens is 742 g/mol. The summed E-state index contributed by atoms with van der Waals surface area (Å²) in [7, 11) is 0. The van der Waals surface area contributed by atoms with Gasteiger partial charge in [-0.05, 0) is 69.6 Å². The van der Waals surface area contributed by atoms with Crippen molar-refractivity contribution in [1.82, 2.24) is 25.3 Å². The largest absolute Gasteiger partial charge is 0.370 e. The molecule has 0 aliphatic rings. The van der Waals surface area contributed by atoms with Crippen molar-refractivity contribution in [2.24, 2.45) is 5.73 Å². The van der Waals surface area contributed by atoms with E-state index in [4.69, 9.17) is 52.1 Å². The predicted molar refractivity (Wildman–Crippen MR) is 206 cm³/mol. The minimum absolute atomic E-state index is 0.0626. The first kappa shape index (κ1) is 40.8. The summed E-state index contributed by atoms with van der Waals surface area (Å²) in [4.78, 5) is 51.8. The van der Waals surface area contributed by atoms with Crippen LogP contribution >= 0.6 is 46.4 Å². The van der Waals surface area contributed by atoms with Crippen LogP contribution in [-0.4, -0.2) is 64.1 Å². The minimum Gasteiger partial charge on any atom is -0.370 e. The number of benzene rings is 2. The maximum absolute atomic E-state index is 12.1. The van der Waals surface area contributed by atoms with Crippen molar-refractivity contribution in [2.75, 3.05) is 58.1 Å². The Hall–Kier alpha value is -4.67. The molecule has 2 aromatic carbocycles. The zero-order chi connectivity index (χ0) is 37.3. The van der Waals surface area contributed by atoms with E-state index in [-0.39, 0.29) is 17.8 Å². The van der Waals surface area contributed by atoms with Gasteiger partial charge in [0.25, 0.3) is 0 Å². The Bertz CT molecular complexity index is 1820. The SMILES string of the molecule is CC(=O)NCCCNc1cc(C)nc(NC(=O)Nc2ccc(Cl)c(Cl)c2)n1.Cc1cc(NCCCN)nc(NC(=O)Nc2ccc(Cl)c(Cl)c2)n1. The first-order valence-electron chi connectivity index (χ1n) is 15.5. The number of hydrogen-bond acceptors (Lipinski definition) is 10. The summed E-state index contributed by atoms with van der Waals surface area (Å²) in [5.74, 6) is 1.50. The molecule has 4 aromatic rings. The van der Waals surface area contributed by atoms with Crippen LogP contribution in [0.15, 0.2) is 48.5 Å². The molecular formula is C32H38Cl4N12O3. The molecule has 0 fully saturated rings. The summed E-state index contributed by atoms with van der Waals surface area (Å²) < 4.78 is 0. The highest BCUT2D eigenvalue weighted by atomic mass is 35.5. The first-order valence-corrected chi connectivity index (χ1v) is 17.0. The van der Waals surface area contributed by atoms with Crippen LogP contribution < -0.4 is 43.0 Å². The van der Waals surface area contributed by atoms with Gasteiger partial charge in [0.2, 0.25) is 17.8 Å². The third-order valence-electron chi connectivity index (χ3n) is 6.23. The van der Waals surface area contributed by atoms with E-state index in [1.54, 1.807) is 55.5 Å². The second-order valence-corrected chi connectivity index (χ2v) is 12.3. The molecule has 9 N–H and O–H groups in total. The van der Waals surface area contributed by atoms with Gasteiger partial charge in [-0.25, -0.2) is 19.6 Å². The topological polar surface area (TPSA) is 213 Å². The van der Waals surface area contributed by atoms with Crippen LogP contribution in [0.4, 0.5) is 44.5 Å². The monoisotopic (exact) mass is 778 g/mol. The third-order valence-corrected chi connectivity index (χ3v) is 7.71. The van der Waals surface area contributed by atoms with E-state index >= 15 is 0 Å². The van der Waals surface area contributed by atoms with Crippen molar-refractivity contribution in [3.63, 3.8) is 0 Å². The third kappa shape index (κ3) is 15.4. The summed E-state index contributed by atoms with van der Waals surface area (Å²) in [6.07, 6.45) is 1.56. The Kier molecular flexibility index (Phi) is 16.7. The number of aryl methyl sites for hydroxylation is 2. The molecule has 2 heterocycles. The van der Waals surface area contributed by atoms with E-state index in [2.05, 4.69) is 57.2 Å². The zero-order valence-electron chi connectivity index (χ0n) is 28.0. The second-order valence-electron chi connectivity index (χ2n) is 10.7. The lowest BCUT2D eigenvalue weighted by Gasteiger charge is -2.10. The van der Waals surface area contributed by atoms with Gasteiger partial charge in [-0.3, -0.25) is 15.4 Å². The molecule has 0 atom stereocenters. The quantitative estimate of drug-likeness (QED) is 0.0641. The molecule has 51 heavy (non-hydrogen) atoms. The number of carbonyl (C=O) groups excluding carboxylic acids is 3. The van der Waals surface area contributed by atoms with Crippen molar-refractivity contribution < 1.29 is 14.4 Å². The molecule has 0 saturated heterocycles.